The molecule has 1 heterocycles. The molecule has 0 amide bonds. The summed E-state index contributed by atoms with van der Waals surface area (Å²) in [6, 6.07) is 0. The second-order valence-corrected chi connectivity index (χ2v) is 4.52. The maximum Gasteiger partial charge on any atom is 0.0896 e. The van der Waals surface area contributed by atoms with E-state index in [-0.39, 0.29) is 0 Å². The predicted molar refractivity (Wildman–Crippen MR) is 60.1 cm³/mol. The van der Waals surface area contributed by atoms with Gasteiger partial charge in [0.25, 0.3) is 0 Å². The van der Waals surface area contributed by atoms with Crippen LogP contribution in [0.4, 0.5) is 0 Å². The molecule has 0 unspecified atom stereocenters. The van der Waals surface area contributed by atoms with Crippen LogP contribution in [0.3, 0.4) is 0 Å². The maximum absolute atomic E-state index is 5.57. The van der Waals surface area contributed by atoms with Crippen LogP contribution in [0.2, 0.25) is 0 Å². The average molecular weight is 261 g/mol. The van der Waals surface area contributed by atoms with E-state index in [9.17, 15) is 0 Å². The van der Waals surface area contributed by atoms with E-state index in [0.717, 1.165) is 23.3 Å². The van der Waals surface area contributed by atoms with Gasteiger partial charge in [0.1, 0.15) is 0 Å². The van der Waals surface area contributed by atoms with Crippen LogP contribution >= 0.6 is 15.9 Å². The van der Waals surface area contributed by atoms with Gasteiger partial charge < -0.3 is 4.74 Å². The summed E-state index contributed by atoms with van der Waals surface area (Å²) in [7, 11) is 0. The van der Waals surface area contributed by atoms with Crippen LogP contribution in [0, 0.1) is 5.92 Å². The number of rotatable bonds is 5. The molecule has 1 aromatic rings. The molecule has 0 aromatic carbocycles. The van der Waals surface area contributed by atoms with E-state index in [0.29, 0.717) is 12.5 Å². The van der Waals surface area contributed by atoms with Crippen LogP contribution in [0.5, 0.6) is 0 Å². The van der Waals surface area contributed by atoms with Gasteiger partial charge in [-0.1, -0.05) is 13.8 Å². The predicted octanol–water partition coefficient (Wildman–Crippen LogP) is 2.84. The average Bonchev–Trinajstić information content (AvgIpc) is 2.47. The van der Waals surface area contributed by atoms with Crippen LogP contribution in [0.25, 0.3) is 0 Å². The summed E-state index contributed by atoms with van der Waals surface area (Å²) in [6.45, 7) is 8.67. The molecule has 3 nitrogen and oxygen atoms in total. The minimum absolute atomic E-state index is 0.576. The molecule has 0 aliphatic carbocycles. The molecule has 0 saturated heterocycles. The molecule has 0 radical (unpaired) electrons. The smallest absolute Gasteiger partial charge is 0.0896 e. The summed E-state index contributed by atoms with van der Waals surface area (Å²) in [6.07, 6.45) is 1.82. The van der Waals surface area contributed by atoms with Gasteiger partial charge in [-0.15, -0.1) is 0 Å². The molecule has 0 N–H and O–H groups in total. The first-order chi connectivity index (χ1) is 6.65. The van der Waals surface area contributed by atoms with Gasteiger partial charge in [-0.05, 0) is 28.8 Å². The molecular formula is C10H17BrN2O. The molecule has 0 atom stereocenters. The summed E-state index contributed by atoms with van der Waals surface area (Å²) in [5.41, 5.74) is 1.12. The van der Waals surface area contributed by atoms with Crippen LogP contribution in [-0.2, 0) is 17.9 Å². The Morgan fingerprint density at radius 2 is 2.29 bits per heavy atom. The molecule has 0 saturated carbocycles. The summed E-state index contributed by atoms with van der Waals surface area (Å²) in [5, 5.41) is 4.22. The standard InChI is InChI=1S/C10H17BrN2O/c1-4-13-10(9(11)5-12-13)7-14-6-8(2)3/h5,8H,4,6-7H2,1-3H3. The normalized spacial score (nSPS) is 11.2. The summed E-state index contributed by atoms with van der Waals surface area (Å²) >= 11 is 3.46. The first-order valence-electron chi connectivity index (χ1n) is 4.93. The van der Waals surface area contributed by atoms with Crippen molar-refractivity contribution < 1.29 is 4.74 Å². The van der Waals surface area contributed by atoms with Crippen LogP contribution in [-0.4, -0.2) is 16.4 Å². The van der Waals surface area contributed by atoms with Gasteiger partial charge >= 0.3 is 0 Å². The van der Waals surface area contributed by atoms with Crippen molar-refractivity contribution in [3.63, 3.8) is 0 Å². The Bertz CT molecular complexity index is 284. The first kappa shape index (κ1) is 11.7. The van der Waals surface area contributed by atoms with Gasteiger partial charge in [0, 0.05) is 13.2 Å². The molecule has 0 fully saturated rings. The zero-order valence-corrected chi connectivity index (χ0v) is 10.5. The molecule has 80 valence electrons. The lowest BCUT2D eigenvalue weighted by atomic mass is 10.2. The van der Waals surface area contributed by atoms with E-state index >= 15 is 0 Å². The Balaban J connectivity index is 2.52. The number of hydrogen-bond donors (Lipinski definition) is 0. The van der Waals surface area contributed by atoms with Crippen molar-refractivity contribution in [1.29, 1.82) is 0 Å². The second-order valence-electron chi connectivity index (χ2n) is 3.66. The summed E-state index contributed by atoms with van der Waals surface area (Å²) in [4.78, 5) is 0. The van der Waals surface area contributed by atoms with Gasteiger partial charge in [0.15, 0.2) is 0 Å². The van der Waals surface area contributed by atoms with Crippen molar-refractivity contribution in [2.45, 2.75) is 33.9 Å². The topological polar surface area (TPSA) is 27.1 Å². The minimum Gasteiger partial charge on any atom is -0.375 e. The molecule has 14 heavy (non-hydrogen) atoms. The highest BCUT2D eigenvalue weighted by atomic mass is 79.9. The highest BCUT2D eigenvalue weighted by Crippen LogP contribution is 2.17. The number of aromatic nitrogens is 2. The third kappa shape index (κ3) is 3.10. The van der Waals surface area contributed by atoms with E-state index < -0.39 is 0 Å². The fourth-order valence-electron chi connectivity index (χ4n) is 1.20. The molecule has 0 aliphatic rings. The number of hydrogen-bond acceptors (Lipinski definition) is 2. The molecule has 0 bridgehead atoms. The van der Waals surface area contributed by atoms with Gasteiger partial charge in [-0.3, -0.25) is 4.68 Å². The first-order valence-corrected chi connectivity index (χ1v) is 5.72. The van der Waals surface area contributed by atoms with E-state index in [1.165, 1.54) is 0 Å². The Kier molecular flexibility index (Phi) is 4.62. The van der Waals surface area contributed by atoms with Crippen molar-refractivity contribution in [2.75, 3.05) is 6.61 Å². The monoisotopic (exact) mass is 260 g/mol. The number of aryl methyl sites for hydroxylation is 1. The number of halogens is 1. The lowest BCUT2D eigenvalue weighted by molar-refractivity contribution is 0.0917. The zero-order valence-electron chi connectivity index (χ0n) is 8.96. The Hall–Kier alpha value is -0.350. The molecule has 0 aliphatic heterocycles. The van der Waals surface area contributed by atoms with Crippen molar-refractivity contribution in [1.82, 2.24) is 9.78 Å². The van der Waals surface area contributed by atoms with Gasteiger partial charge in [-0.2, -0.15) is 5.10 Å². The summed E-state index contributed by atoms with van der Waals surface area (Å²) in [5.74, 6) is 0.576. The quantitative estimate of drug-likeness (QED) is 0.814. The third-order valence-electron chi connectivity index (χ3n) is 1.89. The van der Waals surface area contributed by atoms with E-state index in [1.807, 2.05) is 10.9 Å². The van der Waals surface area contributed by atoms with E-state index in [2.05, 4.69) is 41.8 Å². The summed E-state index contributed by atoms with van der Waals surface area (Å²) < 4.78 is 8.55. The van der Waals surface area contributed by atoms with Gasteiger partial charge in [-0.25, -0.2) is 0 Å². The maximum atomic E-state index is 5.57. The van der Waals surface area contributed by atoms with Crippen molar-refractivity contribution in [2.24, 2.45) is 5.92 Å². The van der Waals surface area contributed by atoms with Crippen LogP contribution in [0.1, 0.15) is 26.5 Å². The number of nitrogens with zero attached hydrogens (tertiary/aromatic N) is 2. The molecule has 1 rings (SSSR count). The molecule has 0 spiro atoms. The Morgan fingerprint density at radius 1 is 1.57 bits per heavy atom. The van der Waals surface area contributed by atoms with E-state index in [1.54, 1.807) is 0 Å². The largest absolute Gasteiger partial charge is 0.375 e. The molecular weight excluding hydrogens is 244 g/mol. The zero-order chi connectivity index (χ0) is 10.6. The van der Waals surface area contributed by atoms with Crippen LogP contribution in [0.15, 0.2) is 10.7 Å². The lowest BCUT2D eigenvalue weighted by Crippen LogP contribution is -2.07. The second kappa shape index (κ2) is 5.51. The van der Waals surface area contributed by atoms with Crippen molar-refractivity contribution >= 4 is 15.9 Å². The lowest BCUT2D eigenvalue weighted by Gasteiger charge is -2.08. The Morgan fingerprint density at radius 3 is 2.86 bits per heavy atom. The highest BCUT2D eigenvalue weighted by molar-refractivity contribution is 9.10. The Labute approximate surface area is 93.6 Å². The molecule has 4 heteroatoms. The molecule has 1 aromatic heterocycles. The van der Waals surface area contributed by atoms with E-state index in [4.69, 9.17) is 4.74 Å². The fraction of sp³-hybridized carbons (Fsp3) is 0.700. The third-order valence-corrected chi connectivity index (χ3v) is 2.55. The van der Waals surface area contributed by atoms with Crippen LogP contribution < -0.4 is 0 Å². The fourth-order valence-corrected chi connectivity index (χ4v) is 1.61. The van der Waals surface area contributed by atoms with Gasteiger partial charge in [0.05, 0.1) is 23.0 Å². The SMILES string of the molecule is CCn1ncc(Br)c1COCC(C)C. The van der Waals surface area contributed by atoms with Crippen molar-refractivity contribution in [3.05, 3.63) is 16.4 Å². The van der Waals surface area contributed by atoms with Crippen molar-refractivity contribution in [3.8, 4) is 0 Å². The minimum atomic E-state index is 0.576. The van der Waals surface area contributed by atoms with Gasteiger partial charge in [0.2, 0.25) is 0 Å². The number of ether oxygens (including phenoxy) is 1. The highest BCUT2D eigenvalue weighted by Gasteiger charge is 2.07.